The number of aliphatic hydroxyl groups is 1. The van der Waals surface area contributed by atoms with Gasteiger partial charge in [0.1, 0.15) is 17.6 Å². The molecule has 1 aliphatic heterocycles. The summed E-state index contributed by atoms with van der Waals surface area (Å²) < 4.78 is 22.5. The molecule has 6 N–H and O–H groups in total. The molecule has 3 aliphatic rings. The van der Waals surface area contributed by atoms with Gasteiger partial charge in [0.2, 0.25) is 24.0 Å². The van der Waals surface area contributed by atoms with Crippen molar-refractivity contribution in [3.63, 3.8) is 0 Å². The minimum atomic E-state index is -1.57. The molecule has 4 aromatic rings. The number of aromatic hydroxyl groups is 5. The maximum absolute atomic E-state index is 14.4. The van der Waals surface area contributed by atoms with Crippen molar-refractivity contribution in [2.75, 3.05) is 0 Å². The van der Waals surface area contributed by atoms with Gasteiger partial charge in [-0.3, -0.25) is 19.2 Å². The fraction of sp³-hybridized carbons (Fsp3) is 0.300. The second-order valence-electron chi connectivity index (χ2n) is 13.9. The fourth-order valence-corrected chi connectivity index (χ4v) is 8.00. The number of hydrogen-bond donors (Lipinski definition) is 6. The molecule has 280 valence electrons. The summed E-state index contributed by atoms with van der Waals surface area (Å²) in [5, 5.41) is 66.7. The molecule has 54 heavy (non-hydrogen) atoms. The van der Waals surface area contributed by atoms with Gasteiger partial charge >= 0.3 is 11.9 Å². The molecule has 0 aromatic heterocycles. The first-order valence-electron chi connectivity index (χ1n) is 17.0. The number of ketones is 2. The number of phenols is 5. The van der Waals surface area contributed by atoms with Crippen molar-refractivity contribution < 1.29 is 68.8 Å². The van der Waals surface area contributed by atoms with E-state index in [1.54, 1.807) is 26.0 Å². The van der Waals surface area contributed by atoms with Crippen LogP contribution in [0, 0.1) is 13.8 Å². The molecule has 1 fully saturated rings. The van der Waals surface area contributed by atoms with E-state index in [0.717, 1.165) is 13.8 Å². The van der Waals surface area contributed by atoms with E-state index in [1.165, 1.54) is 43.3 Å². The molecule has 14 nitrogen and oxygen atoms in total. The molecule has 0 amide bonds. The van der Waals surface area contributed by atoms with Gasteiger partial charge in [0.05, 0.1) is 28.4 Å². The number of fused-ring (bicyclic) bond motifs is 4. The van der Waals surface area contributed by atoms with E-state index >= 15 is 0 Å². The van der Waals surface area contributed by atoms with Gasteiger partial charge in [0.25, 0.3) is 0 Å². The number of hydrogen-bond acceptors (Lipinski definition) is 14. The summed E-state index contributed by atoms with van der Waals surface area (Å²) in [4.78, 5) is 52.4. The number of aliphatic hydroxyl groups excluding tert-OH is 1. The standard InChI is InChI=1S/C40H36O14/c1-14-10-21-27(19-6-8-23(43)34(47)31(19)36(49)29(21)24(44)12-14)28-20-7-9-26(35(48)32(20)37(50)30-22(28)11-15(2)13-25(30)45)54-40-39(53-18(5)42)38(52-17(4)41)33(46)16(3)51-40/h6-13,16,27-28,33,38-40,43-48H,1-5H3/t16-,27?,28?,33-,38+,39+,40-/m0/s1. The molecule has 0 spiro atoms. The van der Waals surface area contributed by atoms with E-state index in [9.17, 15) is 49.8 Å². The van der Waals surface area contributed by atoms with E-state index < -0.39 is 89.0 Å². The van der Waals surface area contributed by atoms with Crippen molar-refractivity contribution in [3.8, 4) is 34.5 Å². The lowest BCUT2D eigenvalue weighted by Gasteiger charge is -2.42. The number of benzene rings is 4. The topological polar surface area (TPSA) is 227 Å². The van der Waals surface area contributed by atoms with Crippen LogP contribution in [-0.4, -0.2) is 84.9 Å². The summed E-state index contributed by atoms with van der Waals surface area (Å²) in [6.45, 7) is 7.08. The minimum Gasteiger partial charge on any atom is -0.507 e. The third kappa shape index (κ3) is 5.65. The summed E-state index contributed by atoms with van der Waals surface area (Å²) >= 11 is 0. The normalized spacial score (nSPS) is 24.1. The Labute approximate surface area is 307 Å². The summed E-state index contributed by atoms with van der Waals surface area (Å²) in [5.74, 6) is -8.15. The van der Waals surface area contributed by atoms with Crippen LogP contribution in [0.4, 0.5) is 0 Å². The third-order valence-electron chi connectivity index (χ3n) is 10.1. The van der Waals surface area contributed by atoms with Gasteiger partial charge < -0.3 is 49.6 Å². The maximum Gasteiger partial charge on any atom is 0.303 e. The highest BCUT2D eigenvalue weighted by Gasteiger charge is 2.50. The van der Waals surface area contributed by atoms with Gasteiger partial charge in [-0.25, -0.2) is 0 Å². The van der Waals surface area contributed by atoms with Crippen LogP contribution in [0.5, 0.6) is 34.5 Å². The average Bonchev–Trinajstić information content (AvgIpc) is 3.07. The summed E-state index contributed by atoms with van der Waals surface area (Å²) in [7, 11) is 0. The number of esters is 2. The molecule has 14 heteroatoms. The molecule has 7 atom stereocenters. The first-order valence-corrected chi connectivity index (χ1v) is 17.0. The number of aryl methyl sites for hydroxylation is 2. The van der Waals surface area contributed by atoms with Crippen LogP contribution in [0.3, 0.4) is 0 Å². The number of carbonyl (C=O) groups is 4. The van der Waals surface area contributed by atoms with Gasteiger partial charge in [-0.2, -0.15) is 0 Å². The molecule has 7 rings (SSSR count). The zero-order valence-electron chi connectivity index (χ0n) is 29.6. The Bertz CT molecular complexity index is 2290. The number of rotatable bonds is 5. The Kier molecular flexibility index (Phi) is 8.78. The zero-order chi connectivity index (χ0) is 39.1. The van der Waals surface area contributed by atoms with E-state index in [4.69, 9.17) is 18.9 Å². The van der Waals surface area contributed by atoms with Crippen LogP contribution in [0.1, 0.15) is 97.8 Å². The molecule has 4 aromatic carbocycles. The molecule has 1 heterocycles. The van der Waals surface area contributed by atoms with E-state index in [2.05, 4.69) is 0 Å². The Morgan fingerprint density at radius 3 is 1.63 bits per heavy atom. The van der Waals surface area contributed by atoms with Crippen LogP contribution < -0.4 is 4.74 Å². The number of carbonyl (C=O) groups excluding carboxylic acids is 4. The molecule has 1 saturated heterocycles. The molecule has 0 radical (unpaired) electrons. The van der Waals surface area contributed by atoms with Crippen LogP contribution >= 0.6 is 0 Å². The summed E-state index contributed by atoms with van der Waals surface area (Å²) in [5.41, 5.74) is 1.41. The second-order valence-corrected chi connectivity index (χ2v) is 13.9. The van der Waals surface area contributed by atoms with Crippen LogP contribution in [0.15, 0.2) is 48.5 Å². The monoisotopic (exact) mass is 740 g/mol. The predicted molar refractivity (Wildman–Crippen MR) is 186 cm³/mol. The van der Waals surface area contributed by atoms with Crippen molar-refractivity contribution >= 4 is 23.5 Å². The second kappa shape index (κ2) is 13.1. The molecule has 0 saturated carbocycles. The minimum absolute atomic E-state index is 0.135. The average molecular weight is 741 g/mol. The Hall–Kier alpha value is -6.12. The fourth-order valence-electron chi connectivity index (χ4n) is 8.00. The van der Waals surface area contributed by atoms with Gasteiger partial charge in [-0.15, -0.1) is 0 Å². The highest BCUT2D eigenvalue weighted by molar-refractivity contribution is 6.18. The largest absolute Gasteiger partial charge is 0.507 e. The Morgan fingerprint density at radius 1 is 0.630 bits per heavy atom. The van der Waals surface area contributed by atoms with E-state index in [0.29, 0.717) is 22.3 Å². The molecule has 2 unspecified atom stereocenters. The number of phenolic OH excluding ortho intramolecular Hbond substituents is 5. The van der Waals surface area contributed by atoms with Crippen LogP contribution in [0.25, 0.3) is 0 Å². The van der Waals surface area contributed by atoms with Crippen molar-refractivity contribution in [1.82, 2.24) is 0 Å². The van der Waals surface area contributed by atoms with Gasteiger partial charge in [0, 0.05) is 25.7 Å². The maximum atomic E-state index is 14.4. The molecule has 2 aliphatic carbocycles. The predicted octanol–water partition coefficient (Wildman–Crippen LogP) is 4.23. The van der Waals surface area contributed by atoms with Crippen molar-refractivity contribution in [2.24, 2.45) is 0 Å². The first-order chi connectivity index (χ1) is 25.5. The molecular weight excluding hydrogens is 704 g/mol. The third-order valence-corrected chi connectivity index (χ3v) is 10.1. The summed E-state index contributed by atoms with van der Waals surface area (Å²) in [6.07, 6.45) is -6.96. The SMILES string of the molecule is CC(=O)O[C@@H]1[C@@H](O)[C@H](C)O[C@@H](Oc2ccc3c(c2O)C(=O)c2c(O)cc(C)cc2C3C2c3cc(C)cc(O)c3C(=O)c3c2ccc(O)c3O)[C@@H]1OC(C)=O. The first kappa shape index (κ1) is 36.2. The van der Waals surface area contributed by atoms with Crippen molar-refractivity contribution in [1.29, 1.82) is 0 Å². The van der Waals surface area contributed by atoms with Crippen LogP contribution in [0.2, 0.25) is 0 Å². The van der Waals surface area contributed by atoms with Crippen LogP contribution in [-0.2, 0) is 23.8 Å². The van der Waals surface area contributed by atoms with Crippen molar-refractivity contribution in [3.05, 3.63) is 104 Å². The van der Waals surface area contributed by atoms with Crippen molar-refractivity contribution in [2.45, 2.75) is 77.2 Å². The van der Waals surface area contributed by atoms with Gasteiger partial charge in [0.15, 0.2) is 29.1 Å². The highest BCUT2D eigenvalue weighted by Crippen LogP contribution is 2.57. The summed E-state index contributed by atoms with van der Waals surface area (Å²) in [6, 6.07) is 11.7. The highest BCUT2D eigenvalue weighted by atomic mass is 16.7. The lowest BCUT2D eigenvalue weighted by Crippen LogP contribution is -2.60. The lowest BCUT2D eigenvalue weighted by molar-refractivity contribution is -0.277. The molecular formula is C40H36O14. The van der Waals surface area contributed by atoms with E-state index in [-0.39, 0.29) is 44.9 Å². The quantitative estimate of drug-likeness (QED) is 0.124. The molecule has 0 bridgehead atoms. The smallest absolute Gasteiger partial charge is 0.303 e. The van der Waals surface area contributed by atoms with Gasteiger partial charge in [-0.1, -0.05) is 24.3 Å². The zero-order valence-corrected chi connectivity index (χ0v) is 29.6. The lowest BCUT2D eigenvalue weighted by atomic mass is 9.63. The van der Waals surface area contributed by atoms with Gasteiger partial charge in [-0.05, 0) is 78.4 Å². The Balaban J connectivity index is 1.44. The number of ether oxygens (including phenoxy) is 4. The Morgan fingerprint density at radius 2 is 1.11 bits per heavy atom. The van der Waals surface area contributed by atoms with E-state index in [1.807, 2.05) is 0 Å².